The number of aromatic nitrogens is 3. The van der Waals surface area contributed by atoms with E-state index >= 15 is 0 Å². The Hall–Kier alpha value is -1.54. The van der Waals surface area contributed by atoms with Crippen LogP contribution in [0.5, 0.6) is 0 Å². The van der Waals surface area contributed by atoms with E-state index in [1.807, 2.05) is 0 Å². The molecule has 0 aliphatic carbocycles. The Morgan fingerprint density at radius 2 is 2.35 bits per heavy atom. The van der Waals surface area contributed by atoms with Gasteiger partial charge in [-0.1, -0.05) is 0 Å². The van der Waals surface area contributed by atoms with Crippen molar-refractivity contribution in [2.75, 3.05) is 13.2 Å². The van der Waals surface area contributed by atoms with Gasteiger partial charge in [-0.05, 0) is 15.9 Å². The van der Waals surface area contributed by atoms with Crippen LogP contribution < -0.4 is 0 Å². The molecule has 0 aromatic carbocycles. The number of nitrogens with zero attached hydrogens (tertiary/aromatic N) is 4. The highest BCUT2D eigenvalue weighted by Crippen LogP contribution is 2.23. The topological polar surface area (TPSA) is 70.7 Å². The molecule has 1 aliphatic heterocycles. The van der Waals surface area contributed by atoms with Crippen LogP contribution in [0.3, 0.4) is 0 Å². The number of alkyl halides is 1. The summed E-state index contributed by atoms with van der Waals surface area (Å²) in [4.78, 5) is 22.0. The Morgan fingerprint density at radius 3 is 3.10 bits per heavy atom. The predicted octanol–water partition coefficient (Wildman–Crippen LogP) is 1.04. The van der Waals surface area contributed by atoms with Crippen molar-refractivity contribution >= 4 is 27.5 Å². The molecule has 0 spiro atoms. The second-order valence-electron chi connectivity index (χ2n) is 4.68. The van der Waals surface area contributed by atoms with Gasteiger partial charge < -0.3 is 10.0 Å². The predicted molar refractivity (Wildman–Crippen MR) is 72.1 cm³/mol. The van der Waals surface area contributed by atoms with Crippen molar-refractivity contribution in [3.63, 3.8) is 0 Å². The van der Waals surface area contributed by atoms with E-state index in [2.05, 4.69) is 25.9 Å². The zero-order valence-electron chi connectivity index (χ0n) is 10.4. The van der Waals surface area contributed by atoms with Crippen LogP contribution in [0.25, 0.3) is 5.65 Å². The molecule has 106 valence electrons. The Balaban J connectivity index is 2.00. The highest BCUT2D eigenvalue weighted by molar-refractivity contribution is 9.10. The molecule has 0 bridgehead atoms. The molecular formula is C12H12BrFN4O2. The average molecular weight is 343 g/mol. The fourth-order valence-corrected chi connectivity index (χ4v) is 2.85. The summed E-state index contributed by atoms with van der Waals surface area (Å²) in [6.07, 6.45) is 3.78. The monoisotopic (exact) mass is 342 g/mol. The Kier molecular flexibility index (Phi) is 3.43. The summed E-state index contributed by atoms with van der Waals surface area (Å²) < 4.78 is 15.8. The van der Waals surface area contributed by atoms with E-state index < -0.39 is 18.1 Å². The van der Waals surface area contributed by atoms with Gasteiger partial charge in [0, 0.05) is 18.8 Å². The number of carbonyl (C=O) groups excluding carboxylic acids is 1. The molecule has 8 heteroatoms. The first-order valence-corrected chi connectivity index (χ1v) is 6.94. The van der Waals surface area contributed by atoms with E-state index in [1.165, 1.54) is 11.1 Å². The Labute approximate surface area is 122 Å². The highest BCUT2D eigenvalue weighted by Gasteiger charge is 2.36. The van der Waals surface area contributed by atoms with Crippen molar-refractivity contribution in [1.82, 2.24) is 19.3 Å². The van der Waals surface area contributed by atoms with Crippen molar-refractivity contribution in [3.8, 4) is 0 Å². The second kappa shape index (κ2) is 5.10. The number of carbonyl (C=O) groups is 1. The van der Waals surface area contributed by atoms with Gasteiger partial charge >= 0.3 is 0 Å². The van der Waals surface area contributed by atoms with Crippen LogP contribution in [0.1, 0.15) is 16.9 Å². The normalized spacial score (nSPS) is 22.6. The van der Waals surface area contributed by atoms with E-state index in [1.54, 1.807) is 16.8 Å². The van der Waals surface area contributed by atoms with Gasteiger partial charge in [-0.15, -0.1) is 0 Å². The number of halogens is 2. The first kappa shape index (κ1) is 13.4. The maximum absolute atomic E-state index is 13.5. The van der Waals surface area contributed by atoms with Crippen LogP contribution >= 0.6 is 15.9 Å². The molecule has 6 nitrogen and oxygen atoms in total. The molecule has 1 amide bonds. The molecule has 20 heavy (non-hydrogen) atoms. The fraction of sp³-hybridized carbons (Fsp3) is 0.417. The highest BCUT2D eigenvalue weighted by atomic mass is 79.9. The number of aliphatic hydroxyl groups is 1. The number of amides is 1. The van der Waals surface area contributed by atoms with Crippen molar-refractivity contribution in [2.45, 2.75) is 18.6 Å². The zero-order valence-corrected chi connectivity index (χ0v) is 12.0. The van der Waals surface area contributed by atoms with Gasteiger partial charge in [-0.3, -0.25) is 9.20 Å². The minimum absolute atomic E-state index is 0.0192. The van der Waals surface area contributed by atoms with Gasteiger partial charge in [-0.25, -0.2) is 14.4 Å². The minimum Gasteiger partial charge on any atom is -0.394 e. The molecular weight excluding hydrogens is 331 g/mol. The second-order valence-corrected chi connectivity index (χ2v) is 5.49. The number of imidazole rings is 1. The molecule has 2 atom stereocenters. The van der Waals surface area contributed by atoms with Gasteiger partial charge in [0.25, 0.3) is 5.91 Å². The molecule has 0 saturated carbocycles. The first-order valence-electron chi connectivity index (χ1n) is 6.15. The van der Waals surface area contributed by atoms with Gasteiger partial charge in [0.1, 0.15) is 10.8 Å². The summed E-state index contributed by atoms with van der Waals surface area (Å²) in [5.41, 5.74) is 0.564. The average Bonchev–Trinajstić information content (AvgIpc) is 3.01. The van der Waals surface area contributed by atoms with Crippen LogP contribution in [-0.2, 0) is 0 Å². The lowest BCUT2D eigenvalue weighted by Gasteiger charge is -2.22. The molecule has 3 rings (SSSR count). The number of hydrogen-bond donors (Lipinski definition) is 1. The molecule has 3 heterocycles. The number of rotatable bonds is 2. The van der Waals surface area contributed by atoms with E-state index in [0.29, 0.717) is 10.3 Å². The molecule has 1 fully saturated rings. The number of fused-ring (bicyclic) bond motifs is 1. The number of likely N-dealkylation sites (tertiary alicyclic amines) is 1. The Morgan fingerprint density at radius 1 is 1.55 bits per heavy atom. The SMILES string of the molecule is O=C(c1nccn2c(Br)cnc12)N1C[C@@H](F)C[C@H]1CO. The summed E-state index contributed by atoms with van der Waals surface area (Å²) in [5.74, 6) is -0.409. The third-order valence-electron chi connectivity index (χ3n) is 3.42. The minimum atomic E-state index is -1.11. The third-order valence-corrected chi connectivity index (χ3v) is 4.01. The summed E-state index contributed by atoms with van der Waals surface area (Å²) in [7, 11) is 0. The lowest BCUT2D eigenvalue weighted by atomic mass is 10.2. The lowest BCUT2D eigenvalue weighted by molar-refractivity contribution is 0.0668. The van der Waals surface area contributed by atoms with Crippen LogP contribution in [-0.4, -0.2) is 55.6 Å². The van der Waals surface area contributed by atoms with E-state index in [4.69, 9.17) is 0 Å². The maximum Gasteiger partial charge on any atom is 0.276 e. The first-order chi connectivity index (χ1) is 9.61. The summed E-state index contributed by atoms with van der Waals surface area (Å²) in [5, 5.41) is 9.26. The van der Waals surface area contributed by atoms with Crippen molar-refractivity contribution < 1.29 is 14.3 Å². The van der Waals surface area contributed by atoms with Crippen molar-refractivity contribution in [2.24, 2.45) is 0 Å². The van der Waals surface area contributed by atoms with Crippen LogP contribution in [0.2, 0.25) is 0 Å². The van der Waals surface area contributed by atoms with E-state index in [9.17, 15) is 14.3 Å². The Bertz CT molecular complexity index is 662. The molecule has 0 unspecified atom stereocenters. The molecule has 2 aromatic heterocycles. The third kappa shape index (κ3) is 2.08. The van der Waals surface area contributed by atoms with Gasteiger partial charge in [0.2, 0.25) is 0 Å². The van der Waals surface area contributed by atoms with Crippen molar-refractivity contribution in [1.29, 1.82) is 0 Å². The smallest absolute Gasteiger partial charge is 0.276 e. The summed E-state index contributed by atoms with van der Waals surface area (Å²) >= 11 is 3.32. The summed E-state index contributed by atoms with van der Waals surface area (Å²) in [6, 6.07) is -0.502. The van der Waals surface area contributed by atoms with Gasteiger partial charge in [-0.2, -0.15) is 0 Å². The van der Waals surface area contributed by atoms with Crippen molar-refractivity contribution in [3.05, 3.63) is 28.9 Å². The zero-order chi connectivity index (χ0) is 14.3. The summed E-state index contributed by atoms with van der Waals surface area (Å²) in [6.45, 7) is -0.276. The van der Waals surface area contributed by atoms with E-state index in [-0.39, 0.29) is 25.3 Å². The number of aliphatic hydroxyl groups excluding tert-OH is 1. The molecule has 0 radical (unpaired) electrons. The van der Waals surface area contributed by atoms with Crippen LogP contribution in [0.4, 0.5) is 4.39 Å². The molecule has 1 saturated heterocycles. The van der Waals surface area contributed by atoms with Gasteiger partial charge in [0.15, 0.2) is 11.3 Å². The molecule has 2 aromatic rings. The number of hydrogen-bond acceptors (Lipinski definition) is 4. The fourth-order valence-electron chi connectivity index (χ4n) is 2.46. The lowest BCUT2D eigenvalue weighted by Crippen LogP contribution is -2.38. The van der Waals surface area contributed by atoms with Crippen LogP contribution in [0.15, 0.2) is 23.2 Å². The maximum atomic E-state index is 13.5. The molecule has 1 aliphatic rings. The largest absolute Gasteiger partial charge is 0.394 e. The van der Waals surface area contributed by atoms with Crippen LogP contribution in [0, 0.1) is 0 Å². The standard InChI is InChI=1S/C12H12BrFN4O2/c13-9-4-16-11-10(15-1-2-17(9)11)12(20)18-5-7(14)3-8(18)6-19/h1-2,4,7-8,19H,3,5-6H2/t7-,8-/m0/s1. The quantitative estimate of drug-likeness (QED) is 0.885. The molecule has 1 N–H and O–H groups in total. The van der Waals surface area contributed by atoms with Gasteiger partial charge in [0.05, 0.1) is 25.4 Å². The van der Waals surface area contributed by atoms with E-state index in [0.717, 1.165) is 0 Å².